The molecule has 11 heteroatoms. The largest absolute Gasteiger partial charge is 0.493 e. The molecule has 1 aliphatic heterocycles. The van der Waals surface area contributed by atoms with E-state index in [0.717, 1.165) is 12.7 Å². The lowest BCUT2D eigenvalue weighted by molar-refractivity contribution is 0.243. The molecule has 3 N–H and O–H groups in total. The molecule has 180 valence electrons. The van der Waals surface area contributed by atoms with Gasteiger partial charge in [-0.15, -0.1) is 0 Å². The summed E-state index contributed by atoms with van der Waals surface area (Å²) in [6, 6.07) is 6.31. The Morgan fingerprint density at radius 1 is 1.21 bits per heavy atom. The van der Waals surface area contributed by atoms with Gasteiger partial charge in [0.15, 0.2) is 11.6 Å². The van der Waals surface area contributed by atoms with Crippen LogP contribution in [0.15, 0.2) is 35.2 Å². The Bertz CT molecular complexity index is 1130. The van der Waals surface area contributed by atoms with Gasteiger partial charge in [0.05, 0.1) is 7.11 Å². The van der Waals surface area contributed by atoms with Gasteiger partial charge in [0.1, 0.15) is 10.7 Å². The van der Waals surface area contributed by atoms with E-state index in [1.807, 2.05) is 12.1 Å². The Morgan fingerprint density at radius 2 is 1.88 bits per heavy atom. The Hall–Kier alpha value is -2.43. The zero-order chi connectivity index (χ0) is 24.3. The van der Waals surface area contributed by atoms with Crippen molar-refractivity contribution in [3.8, 4) is 5.75 Å². The molecule has 0 aromatic heterocycles. The van der Waals surface area contributed by atoms with Gasteiger partial charge in [-0.05, 0) is 56.5 Å². The fourth-order valence-corrected chi connectivity index (χ4v) is 5.20. The van der Waals surface area contributed by atoms with Crippen LogP contribution in [0.2, 0.25) is 5.02 Å². The standard InChI is InChI=1S/C22H26ClF2N3O4S/c1-12(2)27-22(29)28-33(30,31)18-10-17(24)19(21(32-3)20(18)25)16-11-26-9-8-15(16)13-4-6-14(23)7-5-13/h4-7,10,12,15-16,26H,8-9,11H2,1-3H3,(H2,27,28,29)/t15-,16+/m0/s1. The van der Waals surface area contributed by atoms with Crippen LogP contribution in [0.5, 0.6) is 5.75 Å². The molecule has 2 aromatic carbocycles. The van der Waals surface area contributed by atoms with Crippen molar-refractivity contribution in [1.82, 2.24) is 15.4 Å². The Morgan fingerprint density at radius 3 is 2.48 bits per heavy atom. The highest BCUT2D eigenvalue weighted by Crippen LogP contribution is 2.44. The zero-order valence-corrected chi connectivity index (χ0v) is 20.0. The normalized spacial score (nSPS) is 18.8. The predicted molar refractivity (Wildman–Crippen MR) is 121 cm³/mol. The van der Waals surface area contributed by atoms with E-state index in [1.54, 1.807) is 30.7 Å². The summed E-state index contributed by atoms with van der Waals surface area (Å²) < 4.78 is 62.9. The first-order valence-corrected chi connectivity index (χ1v) is 12.3. The number of benzene rings is 2. The van der Waals surface area contributed by atoms with Crippen molar-refractivity contribution in [2.45, 2.75) is 43.0 Å². The fourth-order valence-electron chi connectivity index (χ4n) is 4.07. The fraction of sp³-hybridized carbons (Fsp3) is 0.409. The van der Waals surface area contributed by atoms with Gasteiger partial charge in [-0.3, -0.25) is 0 Å². The highest BCUT2D eigenvalue weighted by atomic mass is 35.5. The monoisotopic (exact) mass is 501 g/mol. The molecule has 2 atom stereocenters. The molecule has 0 radical (unpaired) electrons. The van der Waals surface area contributed by atoms with E-state index in [-0.39, 0.29) is 17.5 Å². The minimum absolute atomic E-state index is 0.0623. The maximum absolute atomic E-state index is 15.4. The maximum Gasteiger partial charge on any atom is 0.328 e. The molecule has 0 saturated carbocycles. The lowest BCUT2D eigenvalue weighted by Crippen LogP contribution is -2.42. The summed E-state index contributed by atoms with van der Waals surface area (Å²) in [4.78, 5) is 10.9. The van der Waals surface area contributed by atoms with Crippen LogP contribution in [0.3, 0.4) is 0 Å². The van der Waals surface area contributed by atoms with E-state index in [1.165, 1.54) is 0 Å². The van der Waals surface area contributed by atoms with Crippen molar-refractivity contribution in [1.29, 1.82) is 0 Å². The van der Waals surface area contributed by atoms with E-state index in [9.17, 15) is 13.2 Å². The lowest BCUT2D eigenvalue weighted by atomic mass is 9.77. The number of hydrogen-bond donors (Lipinski definition) is 3. The van der Waals surface area contributed by atoms with Crippen molar-refractivity contribution in [3.63, 3.8) is 0 Å². The first-order chi connectivity index (χ1) is 15.5. The second kappa shape index (κ2) is 10.2. The summed E-state index contributed by atoms with van der Waals surface area (Å²) in [5.41, 5.74) is 0.837. The van der Waals surface area contributed by atoms with Crippen LogP contribution in [-0.2, 0) is 10.0 Å². The number of hydrogen-bond acceptors (Lipinski definition) is 5. The molecule has 2 amide bonds. The highest BCUT2D eigenvalue weighted by molar-refractivity contribution is 7.90. The van der Waals surface area contributed by atoms with E-state index in [4.69, 9.17) is 16.3 Å². The third-order valence-corrected chi connectivity index (χ3v) is 7.05. The molecule has 1 aliphatic rings. The second-order valence-electron chi connectivity index (χ2n) is 8.11. The summed E-state index contributed by atoms with van der Waals surface area (Å²) in [6.07, 6.45) is 0.646. The molecule has 0 spiro atoms. The average Bonchev–Trinajstić information content (AvgIpc) is 2.74. The number of ether oxygens (including phenoxy) is 1. The second-order valence-corrected chi connectivity index (χ2v) is 10.2. The predicted octanol–water partition coefficient (Wildman–Crippen LogP) is 3.88. The van der Waals surface area contributed by atoms with Gasteiger partial charge in [0, 0.05) is 29.1 Å². The molecule has 0 bridgehead atoms. The summed E-state index contributed by atoms with van der Waals surface area (Å²) in [7, 11) is -3.55. The molecule has 2 aromatic rings. The molecule has 0 aliphatic carbocycles. The minimum Gasteiger partial charge on any atom is -0.493 e. The first kappa shape index (κ1) is 25.2. The molecule has 0 unspecified atom stereocenters. The summed E-state index contributed by atoms with van der Waals surface area (Å²) >= 11 is 5.99. The number of amides is 2. The first-order valence-electron chi connectivity index (χ1n) is 10.4. The third kappa shape index (κ3) is 5.56. The van der Waals surface area contributed by atoms with E-state index < -0.39 is 44.3 Å². The molecule has 1 saturated heterocycles. The number of nitrogens with one attached hydrogen (secondary N) is 3. The Balaban J connectivity index is 2.05. The summed E-state index contributed by atoms with van der Waals surface area (Å²) in [5, 5.41) is 6.06. The van der Waals surface area contributed by atoms with Crippen molar-refractivity contribution >= 4 is 27.7 Å². The van der Waals surface area contributed by atoms with Gasteiger partial charge in [-0.1, -0.05) is 23.7 Å². The van der Waals surface area contributed by atoms with Crippen molar-refractivity contribution in [2.75, 3.05) is 20.2 Å². The number of halogens is 3. The number of carbonyl (C=O) groups excluding carboxylic acids is 1. The van der Waals surface area contributed by atoms with E-state index in [2.05, 4.69) is 10.6 Å². The number of methoxy groups -OCH3 is 1. The maximum atomic E-state index is 15.4. The molecule has 7 nitrogen and oxygen atoms in total. The summed E-state index contributed by atoms with van der Waals surface area (Å²) in [5.74, 6) is -3.42. The number of urea groups is 1. The van der Waals surface area contributed by atoms with Crippen LogP contribution in [0.4, 0.5) is 13.6 Å². The SMILES string of the molecule is COc1c(F)c(S(=O)(=O)NC(=O)NC(C)C)cc(F)c1[C@@H]1CNCC[C@H]1c1ccc(Cl)cc1. The Kier molecular flexibility index (Phi) is 7.81. The molecule has 33 heavy (non-hydrogen) atoms. The zero-order valence-electron chi connectivity index (χ0n) is 18.4. The van der Waals surface area contributed by atoms with Crippen molar-refractivity contribution in [3.05, 3.63) is 58.1 Å². The molecule has 3 rings (SSSR count). The van der Waals surface area contributed by atoms with Gasteiger partial charge in [-0.25, -0.2) is 26.7 Å². The quantitative estimate of drug-likeness (QED) is 0.558. The Labute approximate surface area is 196 Å². The lowest BCUT2D eigenvalue weighted by Gasteiger charge is -2.34. The summed E-state index contributed by atoms with van der Waals surface area (Å²) in [6.45, 7) is 4.26. The molecule has 1 fully saturated rings. The van der Waals surface area contributed by atoms with Crippen molar-refractivity contribution < 1.29 is 26.7 Å². The number of piperidine rings is 1. The molecular formula is C22H26ClF2N3O4S. The van der Waals surface area contributed by atoms with Crippen LogP contribution < -0.4 is 20.1 Å². The molecular weight excluding hydrogens is 476 g/mol. The van der Waals surface area contributed by atoms with Crippen LogP contribution in [-0.4, -0.2) is 40.7 Å². The van der Waals surface area contributed by atoms with Crippen LogP contribution in [0.1, 0.15) is 43.2 Å². The smallest absolute Gasteiger partial charge is 0.328 e. The molecule has 1 heterocycles. The minimum atomic E-state index is -4.70. The van der Waals surface area contributed by atoms with Crippen LogP contribution in [0.25, 0.3) is 0 Å². The highest BCUT2D eigenvalue weighted by Gasteiger charge is 2.36. The third-order valence-electron chi connectivity index (χ3n) is 5.47. The van der Waals surface area contributed by atoms with Gasteiger partial charge in [-0.2, -0.15) is 0 Å². The van der Waals surface area contributed by atoms with E-state index in [0.29, 0.717) is 30.6 Å². The number of sulfonamides is 1. The average molecular weight is 502 g/mol. The van der Waals surface area contributed by atoms with Crippen LogP contribution >= 0.6 is 11.6 Å². The number of rotatable bonds is 6. The van der Waals surface area contributed by atoms with Gasteiger partial charge < -0.3 is 15.4 Å². The van der Waals surface area contributed by atoms with Gasteiger partial charge in [0.25, 0.3) is 10.0 Å². The topological polar surface area (TPSA) is 96.5 Å². The van der Waals surface area contributed by atoms with Gasteiger partial charge >= 0.3 is 6.03 Å². The van der Waals surface area contributed by atoms with Crippen LogP contribution in [0, 0.1) is 11.6 Å². The van der Waals surface area contributed by atoms with Crippen molar-refractivity contribution in [2.24, 2.45) is 0 Å². The van der Waals surface area contributed by atoms with Gasteiger partial charge in [0.2, 0.25) is 0 Å². The van der Waals surface area contributed by atoms with E-state index >= 15 is 8.78 Å². The number of carbonyl (C=O) groups is 1.